The normalized spacial score (nSPS) is 18.2. The lowest BCUT2D eigenvalue weighted by atomic mass is 9.81. The van der Waals surface area contributed by atoms with Crippen LogP contribution in [-0.4, -0.2) is 0 Å². The summed E-state index contributed by atoms with van der Waals surface area (Å²) < 4.78 is 0. The van der Waals surface area contributed by atoms with Crippen molar-refractivity contribution in [1.29, 1.82) is 0 Å². The van der Waals surface area contributed by atoms with E-state index in [1.165, 1.54) is 16.7 Å². The Morgan fingerprint density at radius 3 is 2.38 bits per heavy atom. The maximum Gasteiger partial charge on any atom is 0.00862 e. The van der Waals surface area contributed by atoms with Gasteiger partial charge in [0, 0.05) is 5.70 Å². The van der Waals surface area contributed by atoms with Crippen LogP contribution < -0.4 is 5.73 Å². The molecule has 0 aromatic heterocycles. The van der Waals surface area contributed by atoms with Gasteiger partial charge >= 0.3 is 0 Å². The highest BCUT2D eigenvalue weighted by Gasteiger charge is 2.19. The van der Waals surface area contributed by atoms with E-state index in [-0.39, 0.29) is 0 Å². The van der Waals surface area contributed by atoms with Crippen molar-refractivity contribution in [3.05, 3.63) is 95.2 Å². The summed E-state index contributed by atoms with van der Waals surface area (Å²) in [6, 6.07) is 20.0. The Balaban J connectivity index is 1.77. The van der Waals surface area contributed by atoms with Gasteiger partial charge in [0.2, 0.25) is 0 Å². The van der Waals surface area contributed by atoms with E-state index in [1.54, 1.807) is 0 Å². The first kappa shape index (κ1) is 16.6. The lowest BCUT2D eigenvalue weighted by Gasteiger charge is -2.24. The second-order valence-electron chi connectivity index (χ2n) is 6.81. The molecular weight excluding hydrogens is 290 g/mol. The standard InChI is InChI=1S/C23H27N/c1-2-18-11-13-19(14-12-18)15-22(21-8-4-3-5-9-21)16-20-7-6-10-23(24)17-20/h3-14,20,22H,2,15-17,24H2,1H3. The number of rotatable bonds is 6. The molecule has 0 spiro atoms. The first-order valence-electron chi connectivity index (χ1n) is 9.00. The second kappa shape index (κ2) is 8.01. The van der Waals surface area contributed by atoms with Gasteiger partial charge < -0.3 is 5.73 Å². The first-order valence-corrected chi connectivity index (χ1v) is 9.00. The number of allylic oxidation sites excluding steroid dienone is 4. The third-order valence-corrected chi connectivity index (χ3v) is 4.96. The van der Waals surface area contributed by atoms with Gasteiger partial charge in [-0.25, -0.2) is 0 Å². The molecule has 0 heterocycles. The van der Waals surface area contributed by atoms with Crippen LogP contribution in [0, 0.1) is 5.92 Å². The van der Waals surface area contributed by atoms with Gasteiger partial charge in [-0.2, -0.15) is 0 Å². The van der Waals surface area contributed by atoms with E-state index in [0.717, 1.165) is 31.4 Å². The summed E-state index contributed by atoms with van der Waals surface area (Å²) >= 11 is 0. The van der Waals surface area contributed by atoms with Crippen LogP contribution in [0.4, 0.5) is 0 Å². The predicted molar refractivity (Wildman–Crippen MR) is 103 cm³/mol. The third kappa shape index (κ3) is 4.38. The van der Waals surface area contributed by atoms with E-state index in [9.17, 15) is 0 Å². The lowest BCUT2D eigenvalue weighted by molar-refractivity contribution is 0.494. The van der Waals surface area contributed by atoms with E-state index in [1.807, 2.05) is 6.08 Å². The molecule has 24 heavy (non-hydrogen) atoms. The molecule has 0 radical (unpaired) electrons. The van der Waals surface area contributed by atoms with Crippen molar-refractivity contribution in [2.45, 2.75) is 38.5 Å². The summed E-state index contributed by atoms with van der Waals surface area (Å²) in [5.74, 6) is 1.06. The number of aryl methyl sites for hydroxylation is 1. The molecule has 2 aromatic carbocycles. The maximum absolute atomic E-state index is 6.03. The molecule has 2 unspecified atom stereocenters. The van der Waals surface area contributed by atoms with Gasteiger partial charge in [-0.1, -0.05) is 73.7 Å². The van der Waals surface area contributed by atoms with E-state index in [2.05, 4.69) is 73.7 Å². The molecule has 0 bridgehead atoms. The Morgan fingerprint density at radius 2 is 1.71 bits per heavy atom. The van der Waals surface area contributed by atoms with Gasteiger partial charge in [-0.15, -0.1) is 0 Å². The highest BCUT2D eigenvalue weighted by atomic mass is 14.6. The van der Waals surface area contributed by atoms with Gasteiger partial charge in [-0.05, 0) is 60.3 Å². The van der Waals surface area contributed by atoms with Crippen molar-refractivity contribution in [3.63, 3.8) is 0 Å². The molecule has 1 aliphatic carbocycles. The molecular formula is C23H27N. The van der Waals surface area contributed by atoms with Crippen molar-refractivity contribution < 1.29 is 0 Å². The van der Waals surface area contributed by atoms with Crippen molar-refractivity contribution in [2.75, 3.05) is 0 Å². The van der Waals surface area contributed by atoms with Crippen molar-refractivity contribution in [2.24, 2.45) is 11.7 Å². The third-order valence-electron chi connectivity index (χ3n) is 4.96. The molecule has 2 aromatic rings. The molecule has 0 saturated carbocycles. The van der Waals surface area contributed by atoms with Crippen LogP contribution in [0.25, 0.3) is 0 Å². The Hall–Kier alpha value is -2.28. The zero-order valence-corrected chi connectivity index (χ0v) is 14.5. The number of hydrogen-bond acceptors (Lipinski definition) is 1. The largest absolute Gasteiger partial charge is 0.402 e. The van der Waals surface area contributed by atoms with E-state index in [4.69, 9.17) is 5.73 Å². The Labute approximate surface area is 145 Å². The van der Waals surface area contributed by atoms with Gasteiger partial charge in [0.05, 0.1) is 0 Å². The minimum atomic E-state index is 0.527. The maximum atomic E-state index is 6.03. The fourth-order valence-electron chi connectivity index (χ4n) is 3.56. The number of nitrogens with two attached hydrogens (primary N) is 1. The zero-order valence-electron chi connectivity index (χ0n) is 14.5. The SMILES string of the molecule is CCc1ccc(CC(CC2C=CC=C(N)C2)c2ccccc2)cc1. The lowest BCUT2D eigenvalue weighted by Crippen LogP contribution is -2.13. The monoisotopic (exact) mass is 317 g/mol. The van der Waals surface area contributed by atoms with Crippen molar-refractivity contribution in [1.82, 2.24) is 0 Å². The molecule has 1 aliphatic rings. The highest BCUT2D eigenvalue weighted by molar-refractivity contribution is 5.28. The van der Waals surface area contributed by atoms with Gasteiger partial charge in [0.1, 0.15) is 0 Å². The minimum Gasteiger partial charge on any atom is -0.402 e. The molecule has 0 aliphatic heterocycles. The minimum absolute atomic E-state index is 0.527. The fourth-order valence-corrected chi connectivity index (χ4v) is 3.56. The summed E-state index contributed by atoms with van der Waals surface area (Å²) in [6.45, 7) is 2.20. The molecule has 1 heteroatoms. The Bertz CT molecular complexity index is 695. The molecule has 2 atom stereocenters. The number of hydrogen-bond donors (Lipinski definition) is 1. The summed E-state index contributed by atoms with van der Waals surface area (Å²) in [5.41, 5.74) is 11.3. The van der Waals surface area contributed by atoms with Crippen LogP contribution in [0.5, 0.6) is 0 Å². The molecule has 0 fully saturated rings. The van der Waals surface area contributed by atoms with Crippen LogP contribution in [0.2, 0.25) is 0 Å². The zero-order chi connectivity index (χ0) is 16.8. The van der Waals surface area contributed by atoms with Crippen molar-refractivity contribution in [3.8, 4) is 0 Å². The summed E-state index contributed by atoms with van der Waals surface area (Å²) in [4.78, 5) is 0. The summed E-state index contributed by atoms with van der Waals surface area (Å²) in [5, 5.41) is 0. The van der Waals surface area contributed by atoms with E-state index >= 15 is 0 Å². The molecule has 1 nitrogen and oxygen atoms in total. The fraction of sp³-hybridized carbons (Fsp3) is 0.304. The highest BCUT2D eigenvalue weighted by Crippen LogP contribution is 2.32. The van der Waals surface area contributed by atoms with Crippen LogP contribution in [-0.2, 0) is 12.8 Å². The molecule has 0 amide bonds. The quantitative estimate of drug-likeness (QED) is 0.760. The predicted octanol–water partition coefficient (Wildman–Crippen LogP) is 5.38. The Morgan fingerprint density at radius 1 is 1.00 bits per heavy atom. The second-order valence-corrected chi connectivity index (χ2v) is 6.81. The van der Waals surface area contributed by atoms with Gasteiger partial charge in [-0.3, -0.25) is 0 Å². The van der Waals surface area contributed by atoms with E-state index in [0.29, 0.717) is 11.8 Å². The first-order chi connectivity index (χ1) is 11.7. The molecule has 124 valence electrons. The van der Waals surface area contributed by atoms with Crippen LogP contribution in [0.1, 0.15) is 42.4 Å². The van der Waals surface area contributed by atoms with Crippen LogP contribution in [0.3, 0.4) is 0 Å². The van der Waals surface area contributed by atoms with Crippen LogP contribution in [0.15, 0.2) is 78.5 Å². The van der Waals surface area contributed by atoms with Crippen molar-refractivity contribution >= 4 is 0 Å². The average Bonchev–Trinajstić information content (AvgIpc) is 2.63. The van der Waals surface area contributed by atoms with Gasteiger partial charge in [0.25, 0.3) is 0 Å². The smallest absolute Gasteiger partial charge is 0.00862 e. The van der Waals surface area contributed by atoms with Crippen LogP contribution >= 0.6 is 0 Å². The molecule has 0 saturated heterocycles. The molecule has 3 rings (SSSR count). The Kier molecular flexibility index (Phi) is 5.53. The van der Waals surface area contributed by atoms with E-state index < -0.39 is 0 Å². The summed E-state index contributed by atoms with van der Waals surface area (Å²) in [7, 11) is 0. The summed E-state index contributed by atoms with van der Waals surface area (Å²) in [6.07, 6.45) is 10.8. The molecule has 2 N–H and O–H groups in total. The number of benzene rings is 2. The average molecular weight is 317 g/mol. The van der Waals surface area contributed by atoms with Gasteiger partial charge in [0.15, 0.2) is 0 Å². The topological polar surface area (TPSA) is 26.0 Å².